The molecule has 8 fully saturated rings. The van der Waals surface area contributed by atoms with Crippen LogP contribution in [0.4, 0.5) is 11.4 Å². The van der Waals surface area contributed by atoms with Crippen LogP contribution in [0.5, 0.6) is 0 Å². The summed E-state index contributed by atoms with van der Waals surface area (Å²) >= 11 is 0. The Balaban J connectivity index is 1.21. The lowest BCUT2D eigenvalue weighted by Gasteiger charge is -2.61. The quantitative estimate of drug-likeness (QED) is 0.491. The van der Waals surface area contributed by atoms with Gasteiger partial charge in [-0.25, -0.2) is 0 Å². The van der Waals surface area contributed by atoms with E-state index in [1.807, 2.05) is 16.9 Å². The molecule has 2 saturated carbocycles. The average molecular weight is 603 g/mol. The summed E-state index contributed by atoms with van der Waals surface area (Å²) in [7, 11) is 2.02. The maximum atomic E-state index is 8.17. The first kappa shape index (κ1) is 25.4. The molecule has 12 rings (SSSR count). The van der Waals surface area contributed by atoms with E-state index in [0.29, 0.717) is 41.9 Å². The number of allylic oxidation sites excluding steroid dienone is 2. The molecule has 6 nitrogen and oxygen atoms in total. The molecule has 0 radical (unpaired) electrons. The number of ether oxygens (including phenoxy) is 2. The van der Waals surface area contributed by atoms with Gasteiger partial charge in [-0.3, -0.25) is 0 Å². The highest BCUT2D eigenvalue weighted by Gasteiger charge is 2.85. The van der Waals surface area contributed by atoms with Gasteiger partial charge in [0.15, 0.2) is 6.23 Å². The third kappa shape index (κ3) is 2.37. The lowest BCUT2D eigenvalue weighted by Crippen LogP contribution is -3.17. The maximum absolute atomic E-state index is 8.17. The van der Waals surface area contributed by atoms with Crippen molar-refractivity contribution in [3.05, 3.63) is 83.0 Å². The number of nitrogens with zero attached hydrogens (tertiary/aromatic N) is 2. The SMILES string of the molecule is C/C=C1\C[NH+]2CC[C@]34c5ccccc5N5[C@H]3[C@@H]([C@H]1C[C@H]24)[C@@H]1O[C@@]2([C@@H]5OC)[C@@H]3N1c1ccccc1[C@@]31CC[NH+]3C/C(=C\C)[C@@H]2C[C@H]31. The average Bonchev–Trinajstić information content (AvgIpc) is 3.86. The van der Waals surface area contributed by atoms with E-state index in [2.05, 4.69) is 84.3 Å². The zero-order valence-corrected chi connectivity index (χ0v) is 26.8. The van der Waals surface area contributed by atoms with Crippen LogP contribution in [-0.2, 0) is 20.3 Å². The van der Waals surface area contributed by atoms with E-state index in [4.69, 9.17) is 9.47 Å². The summed E-state index contributed by atoms with van der Waals surface area (Å²) in [6.45, 7) is 9.52. The Morgan fingerprint density at radius 3 is 2.20 bits per heavy atom. The van der Waals surface area contributed by atoms with Crippen molar-refractivity contribution in [3.63, 3.8) is 0 Å². The van der Waals surface area contributed by atoms with Crippen molar-refractivity contribution >= 4 is 11.4 Å². The molecule has 8 heterocycles. The highest BCUT2D eigenvalue weighted by Crippen LogP contribution is 2.72. The second-order valence-electron chi connectivity index (χ2n) is 16.4. The van der Waals surface area contributed by atoms with E-state index in [-0.39, 0.29) is 23.3 Å². The Labute approximate surface area is 266 Å². The minimum Gasteiger partial charge on any atom is -0.358 e. The molecule has 232 valence electrons. The third-order valence-corrected chi connectivity index (χ3v) is 16.0. The van der Waals surface area contributed by atoms with E-state index in [9.17, 15) is 0 Å². The Morgan fingerprint density at radius 2 is 1.47 bits per heavy atom. The van der Waals surface area contributed by atoms with Gasteiger partial charge in [0.05, 0.1) is 49.1 Å². The highest BCUT2D eigenvalue weighted by atomic mass is 16.6. The van der Waals surface area contributed by atoms with Gasteiger partial charge < -0.3 is 29.1 Å². The van der Waals surface area contributed by atoms with Crippen molar-refractivity contribution in [3.8, 4) is 0 Å². The Morgan fingerprint density at radius 1 is 0.822 bits per heavy atom. The predicted octanol–water partition coefficient (Wildman–Crippen LogP) is 2.21. The lowest BCUT2D eigenvalue weighted by molar-refractivity contribution is -0.916. The van der Waals surface area contributed by atoms with E-state index in [0.717, 1.165) is 6.54 Å². The molecule has 0 amide bonds. The van der Waals surface area contributed by atoms with Gasteiger partial charge >= 0.3 is 0 Å². The van der Waals surface area contributed by atoms with Crippen LogP contribution in [0, 0.1) is 17.8 Å². The molecular weight excluding hydrogens is 556 g/mol. The second kappa shape index (κ2) is 7.90. The number of quaternary nitrogens is 2. The monoisotopic (exact) mass is 602 g/mol. The van der Waals surface area contributed by atoms with Gasteiger partial charge in [-0.15, -0.1) is 0 Å². The number of rotatable bonds is 1. The fourth-order valence-electron chi connectivity index (χ4n) is 15.0. The van der Waals surface area contributed by atoms with Gasteiger partial charge in [0.1, 0.15) is 23.9 Å². The molecule has 45 heavy (non-hydrogen) atoms. The number of nitrogens with one attached hydrogen (secondary N) is 2. The van der Waals surface area contributed by atoms with Gasteiger partial charge in [0.2, 0.25) is 0 Å². The molecular formula is C39H46N4O2+2. The minimum atomic E-state index is -0.433. The second-order valence-corrected chi connectivity index (χ2v) is 16.4. The summed E-state index contributed by atoms with van der Waals surface area (Å²) in [5, 5.41) is 0. The number of anilines is 2. The van der Waals surface area contributed by atoms with E-state index in [1.54, 1.807) is 22.3 Å². The largest absolute Gasteiger partial charge is 0.358 e. The van der Waals surface area contributed by atoms with E-state index >= 15 is 0 Å². The molecule has 6 heteroatoms. The molecule has 8 aliphatic heterocycles. The Kier molecular flexibility index (Phi) is 4.47. The normalized spacial score (nSPS) is 53.0. The van der Waals surface area contributed by atoms with Crippen molar-refractivity contribution in [2.24, 2.45) is 17.8 Å². The minimum absolute atomic E-state index is 0.0546. The van der Waals surface area contributed by atoms with Crippen LogP contribution >= 0.6 is 0 Å². The van der Waals surface area contributed by atoms with Gasteiger partial charge in [0.25, 0.3) is 0 Å². The van der Waals surface area contributed by atoms with Gasteiger partial charge in [-0.1, -0.05) is 48.6 Å². The highest BCUT2D eigenvalue weighted by molar-refractivity contribution is 5.73. The smallest absolute Gasteiger partial charge is 0.162 e. The first-order valence-corrected chi connectivity index (χ1v) is 18.1. The molecule has 2 aromatic carbocycles. The number of hydrogen-bond donors (Lipinski definition) is 2. The number of piperidine rings is 2. The molecule has 6 bridgehead atoms. The number of fused-ring (bicyclic) bond motifs is 10. The number of methoxy groups -OCH3 is 1. The predicted molar refractivity (Wildman–Crippen MR) is 173 cm³/mol. The summed E-state index contributed by atoms with van der Waals surface area (Å²) in [6, 6.07) is 21.2. The molecule has 2 unspecified atom stereocenters. The number of benzene rings is 2. The number of para-hydroxylation sites is 2. The first-order chi connectivity index (χ1) is 22.1. The van der Waals surface area contributed by atoms with Crippen LogP contribution in [-0.4, -0.2) is 75.5 Å². The van der Waals surface area contributed by atoms with Crippen LogP contribution in [0.25, 0.3) is 0 Å². The molecule has 3 spiro atoms. The molecule has 14 atom stereocenters. The summed E-state index contributed by atoms with van der Waals surface area (Å²) < 4.78 is 15.3. The molecule has 2 aromatic rings. The summed E-state index contributed by atoms with van der Waals surface area (Å²) in [5.74, 6) is 1.31. The van der Waals surface area contributed by atoms with Crippen LogP contribution in [0.1, 0.15) is 50.7 Å². The molecule has 2 aliphatic carbocycles. The molecule has 10 aliphatic rings. The molecule has 6 saturated heterocycles. The van der Waals surface area contributed by atoms with E-state index in [1.165, 1.54) is 56.7 Å². The maximum Gasteiger partial charge on any atom is 0.162 e. The van der Waals surface area contributed by atoms with Crippen molar-refractivity contribution in [2.45, 2.75) is 92.6 Å². The van der Waals surface area contributed by atoms with Crippen molar-refractivity contribution in [1.29, 1.82) is 0 Å². The zero-order valence-electron chi connectivity index (χ0n) is 26.8. The summed E-state index contributed by atoms with van der Waals surface area (Å²) in [5.41, 5.74) is 9.32. The van der Waals surface area contributed by atoms with Crippen LogP contribution in [0.15, 0.2) is 71.8 Å². The Bertz CT molecular complexity index is 1750. The molecule has 0 aromatic heterocycles. The van der Waals surface area contributed by atoms with Crippen molar-refractivity contribution < 1.29 is 19.3 Å². The van der Waals surface area contributed by atoms with Crippen molar-refractivity contribution in [2.75, 3.05) is 43.1 Å². The van der Waals surface area contributed by atoms with Crippen LogP contribution in [0.3, 0.4) is 0 Å². The lowest BCUT2D eigenvalue weighted by atomic mass is 9.52. The fourth-order valence-corrected chi connectivity index (χ4v) is 15.0. The van der Waals surface area contributed by atoms with Gasteiger partial charge in [-0.05, 0) is 48.3 Å². The summed E-state index contributed by atoms with van der Waals surface area (Å²) in [4.78, 5) is 9.48. The van der Waals surface area contributed by atoms with E-state index < -0.39 is 5.60 Å². The standard InChI is InChI=1S/C39H44N4O2/c1-4-22-20-40-16-14-37-25-10-6-8-12-28(25)42-33(37)32(24(22)18-30(37)40)34-43-29-13-9-7-11-26(29)38-15-17-41-21-23(5-2)27(19-31(38)41)39(45-34,35(38)43)36(42)44-3/h4-13,24,27,30-36H,14-21H2,1-3H3/p+2/b22-4+,23-5+/t24-,27-,30-,31-,32+,33-,34-,35+,36-,37+,38+,39+/m0/s1. The molecule has 2 N–H and O–H groups in total. The van der Waals surface area contributed by atoms with Gasteiger partial charge in [0, 0.05) is 61.9 Å². The topological polar surface area (TPSA) is 33.8 Å². The number of hydrogen-bond acceptors (Lipinski definition) is 4. The fraction of sp³-hybridized carbons (Fsp3) is 0.590. The third-order valence-electron chi connectivity index (χ3n) is 16.0. The summed E-state index contributed by atoms with van der Waals surface area (Å²) in [6.07, 6.45) is 9.93. The van der Waals surface area contributed by atoms with Crippen LogP contribution in [0.2, 0.25) is 0 Å². The Hall–Kier alpha value is -2.64. The first-order valence-electron chi connectivity index (χ1n) is 18.1. The van der Waals surface area contributed by atoms with Crippen LogP contribution < -0.4 is 19.6 Å². The van der Waals surface area contributed by atoms with Crippen molar-refractivity contribution in [1.82, 2.24) is 0 Å². The van der Waals surface area contributed by atoms with Gasteiger partial charge in [-0.2, -0.15) is 0 Å². The zero-order chi connectivity index (χ0) is 29.6.